The van der Waals surface area contributed by atoms with Gasteiger partial charge in [0, 0.05) is 23.4 Å². The van der Waals surface area contributed by atoms with Gasteiger partial charge in [0.2, 0.25) is 0 Å². The van der Waals surface area contributed by atoms with Gasteiger partial charge in [0.05, 0.1) is 4.92 Å². The molecule has 0 saturated carbocycles. The summed E-state index contributed by atoms with van der Waals surface area (Å²) in [5.41, 5.74) is 9.21. The maximum Gasteiger partial charge on any atom is 0.271 e. The maximum absolute atomic E-state index is 10.6. The number of nitrogen functional groups attached to an aromatic ring is 1. The first-order valence-electron chi connectivity index (χ1n) is 5.48. The highest BCUT2D eigenvalue weighted by molar-refractivity contribution is 5.79. The van der Waals surface area contributed by atoms with Crippen LogP contribution >= 0.6 is 0 Å². The summed E-state index contributed by atoms with van der Waals surface area (Å²) in [6.07, 6.45) is 0. The van der Waals surface area contributed by atoms with E-state index >= 15 is 0 Å². The largest absolute Gasteiger partial charge is 0.398 e. The third-order valence-corrected chi connectivity index (χ3v) is 2.68. The Morgan fingerprint density at radius 3 is 2.26 bits per heavy atom. The van der Waals surface area contributed by atoms with Crippen molar-refractivity contribution in [2.45, 2.75) is 6.92 Å². The van der Waals surface area contributed by atoms with E-state index in [0.717, 1.165) is 16.7 Å². The van der Waals surface area contributed by atoms with Crippen molar-refractivity contribution in [3.63, 3.8) is 0 Å². The summed E-state index contributed by atoms with van der Waals surface area (Å²) >= 11 is 0. The molecular weight excluding hydrogens is 244 g/mol. The molecule has 19 heavy (non-hydrogen) atoms. The molecule has 0 radical (unpaired) electrons. The molecule has 0 aliphatic rings. The van der Waals surface area contributed by atoms with Crippen molar-refractivity contribution >= 4 is 18.2 Å². The zero-order valence-electron chi connectivity index (χ0n) is 10.5. The topological polar surface area (TPSA) is 86.2 Å². The smallest absolute Gasteiger partial charge is 0.271 e. The van der Waals surface area contributed by atoms with Gasteiger partial charge in [0.1, 0.15) is 6.79 Å². The molecule has 0 unspecified atom stereocenters. The van der Waals surface area contributed by atoms with E-state index < -0.39 is 4.92 Å². The fourth-order valence-electron chi connectivity index (χ4n) is 1.78. The van der Waals surface area contributed by atoms with E-state index in [2.05, 4.69) is 0 Å². The van der Waals surface area contributed by atoms with E-state index in [1.807, 2.05) is 38.0 Å². The monoisotopic (exact) mass is 258 g/mol. The van der Waals surface area contributed by atoms with Crippen LogP contribution in [-0.2, 0) is 4.79 Å². The van der Waals surface area contributed by atoms with E-state index in [0.29, 0.717) is 5.69 Å². The Morgan fingerprint density at radius 1 is 1.11 bits per heavy atom. The second-order valence-electron chi connectivity index (χ2n) is 3.84. The van der Waals surface area contributed by atoms with Crippen LogP contribution in [-0.4, -0.2) is 11.7 Å². The van der Waals surface area contributed by atoms with Gasteiger partial charge in [-0.05, 0) is 24.1 Å². The van der Waals surface area contributed by atoms with Crippen molar-refractivity contribution in [1.82, 2.24) is 0 Å². The fraction of sp³-hybridized carbons (Fsp3) is 0.0714. The standard InChI is InChI=1S/C13H12N2O2.CH2O/c1-9-4-2-3-5-11(9)12-7-6-10(15(16)17)8-13(12)14;1-2/h2-8H,14H2,1H3;1H2. The summed E-state index contributed by atoms with van der Waals surface area (Å²) in [5.74, 6) is 0. The molecule has 0 aliphatic carbocycles. The van der Waals surface area contributed by atoms with Crippen LogP contribution in [0.25, 0.3) is 11.1 Å². The fourth-order valence-corrected chi connectivity index (χ4v) is 1.78. The Kier molecular flexibility index (Phi) is 4.76. The van der Waals surface area contributed by atoms with Crippen LogP contribution < -0.4 is 5.73 Å². The van der Waals surface area contributed by atoms with Gasteiger partial charge in [-0.1, -0.05) is 24.3 Å². The third-order valence-electron chi connectivity index (χ3n) is 2.68. The van der Waals surface area contributed by atoms with Crippen LogP contribution in [0.4, 0.5) is 11.4 Å². The van der Waals surface area contributed by atoms with Crippen LogP contribution in [0, 0.1) is 17.0 Å². The second kappa shape index (κ2) is 6.30. The predicted octanol–water partition coefficient (Wildman–Crippen LogP) is 2.97. The summed E-state index contributed by atoms with van der Waals surface area (Å²) in [4.78, 5) is 18.2. The average Bonchev–Trinajstić information content (AvgIpc) is 2.42. The number of nitro benzene ring substituents is 1. The molecule has 5 heteroatoms. The minimum Gasteiger partial charge on any atom is -0.398 e. The molecule has 0 bridgehead atoms. The van der Waals surface area contributed by atoms with Crippen LogP contribution in [0.3, 0.4) is 0 Å². The summed E-state index contributed by atoms with van der Waals surface area (Å²) in [5, 5.41) is 10.6. The molecule has 0 saturated heterocycles. The number of benzene rings is 2. The summed E-state index contributed by atoms with van der Waals surface area (Å²) in [7, 11) is 0. The van der Waals surface area contributed by atoms with Gasteiger partial charge < -0.3 is 10.5 Å². The molecule has 2 aromatic rings. The number of aryl methyl sites for hydroxylation is 1. The molecule has 0 heterocycles. The molecule has 0 spiro atoms. The first-order valence-corrected chi connectivity index (χ1v) is 5.48. The normalized spacial score (nSPS) is 9.32. The van der Waals surface area contributed by atoms with Gasteiger partial charge in [-0.2, -0.15) is 0 Å². The lowest BCUT2D eigenvalue weighted by molar-refractivity contribution is -0.384. The minimum atomic E-state index is -0.446. The Morgan fingerprint density at radius 2 is 1.74 bits per heavy atom. The highest BCUT2D eigenvalue weighted by Gasteiger charge is 2.10. The van der Waals surface area contributed by atoms with Gasteiger partial charge in [-0.3, -0.25) is 10.1 Å². The van der Waals surface area contributed by atoms with Crippen LogP contribution in [0.2, 0.25) is 0 Å². The van der Waals surface area contributed by atoms with Gasteiger partial charge in [-0.15, -0.1) is 0 Å². The zero-order valence-corrected chi connectivity index (χ0v) is 10.5. The average molecular weight is 258 g/mol. The molecule has 2 rings (SSSR count). The quantitative estimate of drug-likeness (QED) is 0.509. The van der Waals surface area contributed by atoms with Crippen molar-refractivity contribution in [3.8, 4) is 11.1 Å². The van der Waals surface area contributed by atoms with Crippen LogP contribution in [0.1, 0.15) is 5.56 Å². The van der Waals surface area contributed by atoms with E-state index in [1.54, 1.807) is 6.07 Å². The number of nitro groups is 1. The Labute approximate surface area is 110 Å². The number of carbonyl (C=O) groups is 1. The van der Waals surface area contributed by atoms with E-state index in [1.165, 1.54) is 12.1 Å². The Balaban J connectivity index is 0.000000861. The first kappa shape index (κ1) is 14.4. The first-order chi connectivity index (χ1) is 9.09. The molecule has 0 aliphatic heterocycles. The molecule has 0 aromatic heterocycles. The second-order valence-corrected chi connectivity index (χ2v) is 3.84. The zero-order chi connectivity index (χ0) is 14.4. The minimum absolute atomic E-state index is 0.0137. The number of anilines is 1. The van der Waals surface area contributed by atoms with Gasteiger partial charge >= 0.3 is 0 Å². The van der Waals surface area contributed by atoms with Gasteiger partial charge in [-0.25, -0.2) is 0 Å². The van der Waals surface area contributed by atoms with Crippen molar-refractivity contribution in [2.75, 3.05) is 5.73 Å². The SMILES string of the molecule is C=O.Cc1ccccc1-c1ccc([N+](=O)[O-])cc1N. The number of rotatable bonds is 2. The highest BCUT2D eigenvalue weighted by Crippen LogP contribution is 2.31. The molecule has 0 atom stereocenters. The van der Waals surface area contributed by atoms with Crippen molar-refractivity contribution < 1.29 is 9.72 Å². The van der Waals surface area contributed by atoms with Crippen LogP contribution in [0.5, 0.6) is 0 Å². The van der Waals surface area contributed by atoms with E-state index in [-0.39, 0.29) is 5.69 Å². The molecule has 2 N–H and O–H groups in total. The molecule has 98 valence electrons. The van der Waals surface area contributed by atoms with Crippen molar-refractivity contribution in [2.24, 2.45) is 0 Å². The number of carbonyl (C=O) groups excluding carboxylic acids is 1. The Hall–Kier alpha value is -2.69. The molecule has 2 aromatic carbocycles. The van der Waals surface area contributed by atoms with Crippen molar-refractivity contribution in [3.05, 3.63) is 58.1 Å². The van der Waals surface area contributed by atoms with E-state index in [4.69, 9.17) is 10.5 Å². The summed E-state index contributed by atoms with van der Waals surface area (Å²) < 4.78 is 0. The predicted molar refractivity (Wildman–Crippen MR) is 74.8 cm³/mol. The maximum atomic E-state index is 10.6. The lowest BCUT2D eigenvalue weighted by Crippen LogP contribution is -1.95. The van der Waals surface area contributed by atoms with E-state index in [9.17, 15) is 10.1 Å². The van der Waals surface area contributed by atoms with Crippen LogP contribution in [0.15, 0.2) is 42.5 Å². The molecule has 0 amide bonds. The number of hydrogen-bond donors (Lipinski definition) is 1. The van der Waals surface area contributed by atoms with Gasteiger partial charge in [0.15, 0.2) is 0 Å². The number of nitrogens with two attached hydrogens (primary N) is 1. The number of nitrogens with zero attached hydrogens (tertiary/aromatic N) is 1. The molecular formula is C14H14N2O3. The third kappa shape index (κ3) is 3.16. The lowest BCUT2D eigenvalue weighted by Gasteiger charge is -2.08. The summed E-state index contributed by atoms with van der Waals surface area (Å²) in [6, 6.07) is 12.3. The van der Waals surface area contributed by atoms with Gasteiger partial charge in [0.25, 0.3) is 5.69 Å². The van der Waals surface area contributed by atoms with Crippen molar-refractivity contribution in [1.29, 1.82) is 0 Å². The number of hydrogen-bond acceptors (Lipinski definition) is 4. The number of non-ortho nitro benzene ring substituents is 1. The summed E-state index contributed by atoms with van der Waals surface area (Å²) in [6.45, 7) is 3.98. The highest BCUT2D eigenvalue weighted by atomic mass is 16.6. The Bertz CT molecular complexity index is 597. The molecule has 5 nitrogen and oxygen atoms in total. The lowest BCUT2D eigenvalue weighted by atomic mass is 9.99. The molecule has 0 fully saturated rings.